The van der Waals surface area contributed by atoms with Gasteiger partial charge in [0.15, 0.2) is 0 Å². The molecule has 3 aliphatic rings. The molecule has 3 fully saturated rings. The summed E-state index contributed by atoms with van der Waals surface area (Å²) in [4.78, 5) is 8.56. The number of nitrogens with one attached hydrogen (secondary N) is 1. The third kappa shape index (κ3) is 3.45. The Labute approximate surface area is 149 Å². The average Bonchev–Trinajstić information content (AvgIpc) is 2.70. The van der Waals surface area contributed by atoms with Crippen LogP contribution in [0.4, 0.5) is 0 Å². The van der Waals surface area contributed by atoms with Crippen molar-refractivity contribution < 1.29 is 4.74 Å². The molecule has 5 rings (SSSR count). The Morgan fingerprint density at radius 3 is 2.60 bits per heavy atom. The van der Waals surface area contributed by atoms with E-state index in [1.54, 1.807) is 6.20 Å². The molecule has 3 N–H and O–H groups in total. The van der Waals surface area contributed by atoms with Gasteiger partial charge in [0.2, 0.25) is 0 Å². The second kappa shape index (κ2) is 6.83. The van der Waals surface area contributed by atoms with Crippen LogP contribution in [0.2, 0.25) is 0 Å². The lowest BCUT2D eigenvalue weighted by Crippen LogP contribution is -2.57. The lowest BCUT2D eigenvalue weighted by atomic mass is 9.66. The monoisotopic (exact) mass is 338 g/mol. The molecule has 1 saturated carbocycles. The first-order chi connectivity index (χ1) is 12.2. The van der Waals surface area contributed by atoms with Gasteiger partial charge in [-0.15, -0.1) is 0 Å². The maximum atomic E-state index is 6.22. The molecule has 0 atom stereocenters. The first-order valence-electron chi connectivity index (χ1n) is 9.12. The zero-order chi connectivity index (χ0) is 17.2. The Morgan fingerprint density at radius 2 is 1.92 bits per heavy atom. The summed E-state index contributed by atoms with van der Waals surface area (Å²) >= 11 is 0. The van der Waals surface area contributed by atoms with Crippen LogP contribution in [0.1, 0.15) is 31.2 Å². The van der Waals surface area contributed by atoms with Crippen LogP contribution in [0.3, 0.4) is 0 Å². The van der Waals surface area contributed by atoms with Gasteiger partial charge in [0.25, 0.3) is 0 Å². The molecule has 132 valence electrons. The van der Waals surface area contributed by atoms with Gasteiger partial charge in [-0.25, -0.2) is 0 Å². The number of fused-ring (bicyclic) bond motifs is 3. The van der Waals surface area contributed by atoms with Crippen molar-refractivity contribution in [2.75, 3.05) is 19.7 Å². The Hall–Kier alpha value is -1.82. The Kier molecular flexibility index (Phi) is 4.54. The van der Waals surface area contributed by atoms with Gasteiger partial charge in [0.1, 0.15) is 0 Å². The normalized spacial score (nSPS) is 28.2. The van der Waals surface area contributed by atoms with Gasteiger partial charge in [-0.1, -0.05) is 6.07 Å². The van der Waals surface area contributed by atoms with Crippen LogP contribution in [0.5, 0.6) is 0 Å². The SMILES string of the molecule is NCC12CCC(CNCc3cncc(-c4cccnc4)c3)(CC1)OC2. The summed E-state index contributed by atoms with van der Waals surface area (Å²) in [5.74, 6) is 0. The number of aromatic nitrogens is 2. The van der Waals surface area contributed by atoms with Crippen LogP contribution in [0.15, 0.2) is 43.0 Å². The van der Waals surface area contributed by atoms with Crippen molar-refractivity contribution >= 4 is 0 Å². The molecule has 0 aromatic carbocycles. The van der Waals surface area contributed by atoms with E-state index in [0.29, 0.717) is 0 Å². The van der Waals surface area contributed by atoms with E-state index in [9.17, 15) is 0 Å². The van der Waals surface area contributed by atoms with Crippen LogP contribution >= 0.6 is 0 Å². The number of hydrogen-bond donors (Lipinski definition) is 2. The number of hydrogen-bond acceptors (Lipinski definition) is 5. The molecular weight excluding hydrogens is 312 g/mol. The average molecular weight is 338 g/mol. The summed E-state index contributed by atoms with van der Waals surface area (Å²) in [6, 6.07) is 6.18. The largest absolute Gasteiger partial charge is 0.373 e. The van der Waals surface area contributed by atoms with Crippen LogP contribution in [0, 0.1) is 5.41 Å². The Balaban J connectivity index is 1.35. The summed E-state index contributed by atoms with van der Waals surface area (Å²) < 4.78 is 6.22. The molecule has 0 radical (unpaired) electrons. The minimum atomic E-state index is 0.00527. The molecule has 2 aliphatic heterocycles. The van der Waals surface area contributed by atoms with Gasteiger partial charge >= 0.3 is 0 Å². The summed E-state index contributed by atoms with van der Waals surface area (Å²) in [7, 11) is 0. The highest BCUT2D eigenvalue weighted by atomic mass is 16.5. The van der Waals surface area contributed by atoms with E-state index in [1.165, 1.54) is 18.4 Å². The Morgan fingerprint density at radius 1 is 1.08 bits per heavy atom. The fraction of sp³-hybridized carbons (Fsp3) is 0.500. The summed E-state index contributed by atoms with van der Waals surface area (Å²) in [6.45, 7) is 3.27. The van der Waals surface area contributed by atoms with Crippen molar-refractivity contribution in [3.8, 4) is 11.1 Å². The smallest absolute Gasteiger partial charge is 0.0807 e. The molecule has 2 aromatic rings. The lowest BCUT2D eigenvalue weighted by molar-refractivity contribution is -0.177. The molecule has 0 amide bonds. The van der Waals surface area contributed by atoms with E-state index in [0.717, 1.165) is 50.2 Å². The van der Waals surface area contributed by atoms with Crippen molar-refractivity contribution in [1.29, 1.82) is 0 Å². The van der Waals surface area contributed by atoms with Crippen molar-refractivity contribution in [2.24, 2.45) is 11.1 Å². The standard InChI is InChI=1S/C20H26N4O/c21-13-19-3-5-20(6-4-19,25-15-19)14-24-10-16-8-18(12-23-9-16)17-2-1-7-22-11-17/h1-2,7-9,11-12,24H,3-6,10,13-15,21H2. The second-order valence-electron chi connectivity index (χ2n) is 7.60. The quantitative estimate of drug-likeness (QED) is 0.847. The number of nitrogens with two attached hydrogens (primary N) is 1. The van der Waals surface area contributed by atoms with Crippen molar-refractivity contribution in [3.63, 3.8) is 0 Å². The minimum Gasteiger partial charge on any atom is -0.373 e. The van der Waals surface area contributed by atoms with Crippen molar-refractivity contribution in [1.82, 2.24) is 15.3 Å². The maximum absolute atomic E-state index is 6.22. The number of nitrogens with zero attached hydrogens (tertiary/aromatic N) is 2. The third-order valence-corrected chi connectivity index (χ3v) is 5.91. The molecule has 25 heavy (non-hydrogen) atoms. The molecule has 5 nitrogen and oxygen atoms in total. The first-order valence-corrected chi connectivity index (χ1v) is 9.12. The topological polar surface area (TPSA) is 73.1 Å². The van der Waals surface area contributed by atoms with Crippen LogP contribution in [-0.4, -0.2) is 35.3 Å². The van der Waals surface area contributed by atoms with Crippen molar-refractivity contribution in [3.05, 3.63) is 48.5 Å². The highest BCUT2D eigenvalue weighted by Gasteiger charge is 2.48. The van der Waals surface area contributed by atoms with Crippen LogP contribution < -0.4 is 11.1 Å². The molecule has 2 saturated heterocycles. The Bertz CT molecular complexity index is 694. The van der Waals surface area contributed by atoms with E-state index in [1.807, 2.05) is 24.7 Å². The number of pyridine rings is 2. The lowest BCUT2D eigenvalue weighted by Gasteiger charge is -2.53. The zero-order valence-electron chi connectivity index (χ0n) is 14.6. The molecule has 0 spiro atoms. The maximum Gasteiger partial charge on any atom is 0.0807 e. The summed E-state index contributed by atoms with van der Waals surface area (Å²) in [5.41, 5.74) is 9.58. The summed E-state index contributed by atoms with van der Waals surface area (Å²) in [6.07, 6.45) is 12.1. The second-order valence-corrected chi connectivity index (χ2v) is 7.60. The predicted molar refractivity (Wildman–Crippen MR) is 97.8 cm³/mol. The molecule has 2 aromatic heterocycles. The number of ether oxygens (including phenoxy) is 1. The van der Waals surface area contributed by atoms with E-state index in [2.05, 4.69) is 27.4 Å². The zero-order valence-corrected chi connectivity index (χ0v) is 14.6. The molecule has 1 aliphatic carbocycles. The first kappa shape index (κ1) is 16.6. The number of rotatable bonds is 6. The predicted octanol–water partition coefficient (Wildman–Crippen LogP) is 2.52. The van der Waals surface area contributed by atoms with Gasteiger partial charge < -0.3 is 15.8 Å². The van der Waals surface area contributed by atoms with E-state index >= 15 is 0 Å². The minimum absolute atomic E-state index is 0.00527. The molecule has 0 unspecified atom stereocenters. The third-order valence-electron chi connectivity index (χ3n) is 5.91. The highest BCUT2D eigenvalue weighted by molar-refractivity contribution is 5.61. The fourth-order valence-corrected chi connectivity index (χ4v) is 4.03. The van der Waals surface area contributed by atoms with Gasteiger partial charge in [-0.05, 0) is 43.4 Å². The molecule has 5 heteroatoms. The van der Waals surface area contributed by atoms with Crippen LogP contribution in [0.25, 0.3) is 11.1 Å². The fourth-order valence-electron chi connectivity index (χ4n) is 4.03. The van der Waals surface area contributed by atoms with E-state index in [-0.39, 0.29) is 11.0 Å². The van der Waals surface area contributed by atoms with Crippen LogP contribution in [-0.2, 0) is 11.3 Å². The molecular formula is C20H26N4O. The van der Waals surface area contributed by atoms with E-state index < -0.39 is 0 Å². The molecule has 4 heterocycles. The van der Waals surface area contributed by atoms with Gasteiger partial charge in [-0.2, -0.15) is 0 Å². The van der Waals surface area contributed by atoms with Gasteiger partial charge in [0.05, 0.1) is 12.2 Å². The van der Waals surface area contributed by atoms with Gasteiger partial charge in [-0.3, -0.25) is 9.97 Å². The van der Waals surface area contributed by atoms with Gasteiger partial charge in [0, 0.05) is 61.0 Å². The molecule has 2 bridgehead atoms. The van der Waals surface area contributed by atoms with Crippen molar-refractivity contribution in [2.45, 2.75) is 37.8 Å². The summed E-state index contributed by atoms with van der Waals surface area (Å²) in [5, 5.41) is 3.59. The van der Waals surface area contributed by atoms with E-state index in [4.69, 9.17) is 10.5 Å². The highest BCUT2D eigenvalue weighted by Crippen LogP contribution is 2.47.